The predicted molar refractivity (Wildman–Crippen MR) is 103 cm³/mol. The number of ether oxygens (including phenoxy) is 1. The summed E-state index contributed by atoms with van der Waals surface area (Å²) in [5.74, 6) is 0.174. The third-order valence-electron chi connectivity index (χ3n) is 4.36. The molecule has 132 valence electrons. The Morgan fingerprint density at radius 2 is 2.08 bits per heavy atom. The first-order valence-electron chi connectivity index (χ1n) is 8.63. The van der Waals surface area contributed by atoms with E-state index in [1.54, 1.807) is 7.05 Å². The molecule has 0 bridgehead atoms. The summed E-state index contributed by atoms with van der Waals surface area (Å²) < 4.78 is 5.73. The van der Waals surface area contributed by atoms with E-state index in [9.17, 15) is 4.79 Å². The molecule has 1 aromatic rings. The van der Waals surface area contributed by atoms with Crippen LogP contribution < -0.4 is 4.90 Å². The predicted octanol–water partition coefficient (Wildman–Crippen LogP) is 3.31. The summed E-state index contributed by atoms with van der Waals surface area (Å²) in [5, 5.41) is 0. The highest BCUT2D eigenvalue weighted by Crippen LogP contribution is 2.33. The number of hydrogen-bond donors (Lipinski definition) is 0. The van der Waals surface area contributed by atoms with Crippen molar-refractivity contribution in [2.45, 2.75) is 32.7 Å². The molecular weight excluding hydrogens is 314 g/mol. The molecule has 0 radical (unpaired) electrons. The van der Waals surface area contributed by atoms with Crippen molar-refractivity contribution in [3.05, 3.63) is 40.7 Å². The topological polar surface area (TPSA) is 45.1 Å². The van der Waals surface area contributed by atoms with Gasteiger partial charge in [0.05, 0.1) is 0 Å². The average Bonchev–Trinajstić information content (AvgIpc) is 2.82. The Labute approximate surface area is 149 Å². The van der Waals surface area contributed by atoms with Gasteiger partial charge in [-0.25, -0.2) is 4.99 Å². The molecule has 0 spiro atoms. The van der Waals surface area contributed by atoms with Crippen molar-refractivity contribution in [3.63, 3.8) is 0 Å². The Balaban J connectivity index is 2.02. The van der Waals surface area contributed by atoms with Gasteiger partial charge in [0.25, 0.3) is 11.9 Å². The number of rotatable bonds is 3. The molecule has 1 aliphatic heterocycles. The molecular formula is C20H25N3O2. The van der Waals surface area contributed by atoms with Gasteiger partial charge >= 0.3 is 0 Å². The minimum absolute atomic E-state index is 0.0712. The lowest BCUT2D eigenvalue weighted by atomic mass is 9.90. The number of carbonyl (C=O) groups is 1. The highest BCUT2D eigenvalue weighted by molar-refractivity contribution is 6.11. The minimum Gasteiger partial charge on any atom is -0.420 e. The number of amides is 1. The maximum absolute atomic E-state index is 12.5. The van der Waals surface area contributed by atoms with Crippen molar-refractivity contribution in [1.82, 2.24) is 4.90 Å². The largest absolute Gasteiger partial charge is 0.420 e. The number of hydrogen-bond acceptors (Lipinski definition) is 4. The molecule has 0 aromatic heterocycles. The third-order valence-corrected chi connectivity index (χ3v) is 4.36. The average molecular weight is 339 g/mol. The van der Waals surface area contributed by atoms with E-state index in [4.69, 9.17) is 4.74 Å². The Morgan fingerprint density at radius 3 is 2.76 bits per heavy atom. The van der Waals surface area contributed by atoms with Gasteiger partial charge in [0.1, 0.15) is 0 Å². The number of carbonyl (C=O) groups excluding carboxylic acids is 1. The molecule has 2 aliphatic rings. The van der Waals surface area contributed by atoms with Crippen molar-refractivity contribution in [1.29, 1.82) is 0 Å². The van der Waals surface area contributed by atoms with Gasteiger partial charge in [-0.05, 0) is 50.0 Å². The Morgan fingerprint density at radius 1 is 1.32 bits per heavy atom. The van der Waals surface area contributed by atoms with Crippen LogP contribution in [0.2, 0.25) is 0 Å². The molecule has 1 fully saturated rings. The van der Waals surface area contributed by atoms with Crippen molar-refractivity contribution in [2.75, 3.05) is 26.0 Å². The Kier molecular flexibility index (Phi) is 4.66. The molecule has 1 aliphatic carbocycles. The fourth-order valence-corrected chi connectivity index (χ4v) is 3.12. The highest BCUT2D eigenvalue weighted by atomic mass is 16.5. The van der Waals surface area contributed by atoms with E-state index in [-0.39, 0.29) is 11.9 Å². The molecule has 1 saturated heterocycles. The molecule has 1 aromatic carbocycles. The number of allylic oxidation sites excluding steroid dienone is 1. The Bertz CT molecular complexity index is 788. The summed E-state index contributed by atoms with van der Waals surface area (Å²) in [5.41, 5.74) is 4.70. The number of amidine groups is 1. The Hall–Kier alpha value is -2.56. The summed E-state index contributed by atoms with van der Waals surface area (Å²) in [7, 11) is 5.78. The summed E-state index contributed by atoms with van der Waals surface area (Å²) in [6.45, 7) is 3.91. The number of likely N-dealkylation sites (N-methyl/N-ethyl adjacent to an activating group) is 1. The van der Waals surface area contributed by atoms with Crippen molar-refractivity contribution in [2.24, 2.45) is 4.99 Å². The molecule has 0 atom stereocenters. The first kappa shape index (κ1) is 17.3. The lowest BCUT2D eigenvalue weighted by Gasteiger charge is -2.22. The van der Waals surface area contributed by atoms with Gasteiger partial charge in [0.15, 0.2) is 5.76 Å². The number of anilines is 1. The van der Waals surface area contributed by atoms with E-state index in [1.165, 1.54) is 21.7 Å². The van der Waals surface area contributed by atoms with E-state index in [1.807, 2.05) is 34.0 Å². The van der Waals surface area contributed by atoms with E-state index < -0.39 is 0 Å². The van der Waals surface area contributed by atoms with E-state index in [0.29, 0.717) is 11.8 Å². The first-order chi connectivity index (χ1) is 11.9. The molecule has 0 unspecified atom stereocenters. The zero-order chi connectivity index (χ0) is 18.1. The van der Waals surface area contributed by atoms with Crippen LogP contribution in [-0.4, -0.2) is 44.0 Å². The smallest absolute Gasteiger partial charge is 0.300 e. The third kappa shape index (κ3) is 3.31. The second-order valence-corrected chi connectivity index (χ2v) is 6.88. The molecule has 1 amide bonds. The quantitative estimate of drug-likeness (QED) is 0.794. The van der Waals surface area contributed by atoms with Crippen LogP contribution in [0.1, 0.15) is 37.0 Å². The summed E-state index contributed by atoms with van der Waals surface area (Å²) in [4.78, 5) is 20.4. The summed E-state index contributed by atoms with van der Waals surface area (Å²) in [6, 6.07) is 4.59. The van der Waals surface area contributed by atoms with Crippen molar-refractivity contribution in [3.8, 4) is 0 Å². The van der Waals surface area contributed by atoms with Gasteiger partial charge in [0.2, 0.25) is 0 Å². The maximum Gasteiger partial charge on any atom is 0.300 e. The SMILES string of the molecule is CC(C)N=C1O/C(=C/c2ccc(N(C)C)c3c2CCC=C3)C(=O)N1C. The van der Waals surface area contributed by atoms with Crippen LogP contribution in [0.4, 0.5) is 5.69 Å². The monoisotopic (exact) mass is 339 g/mol. The normalized spacial score (nSPS) is 19.8. The van der Waals surface area contributed by atoms with Gasteiger partial charge in [0, 0.05) is 38.4 Å². The van der Waals surface area contributed by atoms with Gasteiger partial charge in [-0.1, -0.05) is 18.2 Å². The summed E-state index contributed by atoms with van der Waals surface area (Å²) >= 11 is 0. The first-order valence-corrected chi connectivity index (χ1v) is 8.63. The zero-order valence-electron chi connectivity index (χ0n) is 15.5. The van der Waals surface area contributed by atoms with E-state index >= 15 is 0 Å². The minimum atomic E-state index is -0.156. The fourth-order valence-electron chi connectivity index (χ4n) is 3.12. The van der Waals surface area contributed by atoms with Crippen molar-refractivity contribution < 1.29 is 9.53 Å². The second-order valence-electron chi connectivity index (χ2n) is 6.88. The fraction of sp³-hybridized carbons (Fsp3) is 0.400. The highest BCUT2D eigenvalue weighted by Gasteiger charge is 2.32. The van der Waals surface area contributed by atoms with Crippen LogP contribution in [0, 0.1) is 0 Å². The van der Waals surface area contributed by atoms with Crippen LogP contribution in [0.3, 0.4) is 0 Å². The lowest BCUT2D eigenvalue weighted by molar-refractivity contribution is -0.122. The van der Waals surface area contributed by atoms with Gasteiger partial charge in [-0.15, -0.1) is 0 Å². The molecule has 5 heteroatoms. The van der Waals surface area contributed by atoms with Crippen LogP contribution >= 0.6 is 0 Å². The van der Waals surface area contributed by atoms with Crippen LogP contribution in [0.15, 0.2) is 29.0 Å². The van der Waals surface area contributed by atoms with Gasteiger partial charge < -0.3 is 9.64 Å². The van der Waals surface area contributed by atoms with Crippen LogP contribution in [-0.2, 0) is 16.0 Å². The molecule has 1 heterocycles. The molecule has 0 N–H and O–H groups in total. The van der Waals surface area contributed by atoms with Gasteiger partial charge in [-0.3, -0.25) is 9.69 Å². The van der Waals surface area contributed by atoms with Gasteiger partial charge in [-0.2, -0.15) is 0 Å². The summed E-state index contributed by atoms with van der Waals surface area (Å²) in [6.07, 6.45) is 8.19. The van der Waals surface area contributed by atoms with Crippen LogP contribution in [0.5, 0.6) is 0 Å². The van der Waals surface area contributed by atoms with Crippen LogP contribution in [0.25, 0.3) is 12.2 Å². The number of fused-ring (bicyclic) bond motifs is 1. The molecule has 5 nitrogen and oxygen atoms in total. The molecule has 3 rings (SSSR count). The molecule has 0 saturated carbocycles. The number of aliphatic imine (C=N–C) groups is 1. The standard InChI is InChI=1S/C20H25N3O2/c1-13(2)21-20-23(5)19(24)18(25-20)12-14-10-11-17(22(3)4)16-9-7-6-8-15(14)16/h7,9-13H,6,8H2,1-5H3/b18-12+,21-20?. The lowest BCUT2D eigenvalue weighted by Crippen LogP contribution is -2.25. The number of benzene rings is 1. The number of nitrogens with zero attached hydrogens (tertiary/aromatic N) is 3. The van der Waals surface area contributed by atoms with E-state index in [2.05, 4.69) is 34.2 Å². The second kappa shape index (κ2) is 6.75. The zero-order valence-corrected chi connectivity index (χ0v) is 15.5. The molecule has 25 heavy (non-hydrogen) atoms. The van der Waals surface area contributed by atoms with Crippen molar-refractivity contribution >= 4 is 29.8 Å². The van der Waals surface area contributed by atoms with E-state index in [0.717, 1.165) is 18.4 Å². The maximum atomic E-state index is 12.5.